The summed E-state index contributed by atoms with van der Waals surface area (Å²) in [6, 6.07) is 39.5. The zero-order valence-electron chi connectivity index (χ0n) is 29.5. The first-order valence-corrected chi connectivity index (χ1v) is 17.6. The van der Waals surface area contributed by atoms with Gasteiger partial charge in [0.05, 0.1) is 35.5 Å². The molecule has 13 heteroatoms. The van der Waals surface area contributed by atoms with Crippen LogP contribution >= 0.6 is 11.6 Å². The lowest BCUT2D eigenvalue weighted by atomic mass is 9.98. The Labute approximate surface area is 312 Å². The number of pyridine rings is 1. The molecule has 1 saturated heterocycles. The Morgan fingerprint density at radius 2 is 1.38 bits per heavy atom. The number of methoxy groups -OCH3 is 2. The maximum atomic E-state index is 13.3. The summed E-state index contributed by atoms with van der Waals surface area (Å²) in [7, 11) is -2.78. The van der Waals surface area contributed by atoms with E-state index in [-0.39, 0.29) is 18.1 Å². The van der Waals surface area contributed by atoms with Crippen LogP contribution in [0.2, 0.25) is 5.02 Å². The normalized spacial score (nSPS) is 16.0. The minimum Gasteiger partial charge on any atom is -0.496 e. The number of nitrogen functional groups attached to an aromatic ring is 1. The fourth-order valence-electron chi connectivity index (χ4n) is 6.56. The van der Waals surface area contributed by atoms with Gasteiger partial charge in [-0.05, 0) is 47.9 Å². The molecule has 7 nitrogen and oxygen atoms in total. The van der Waals surface area contributed by atoms with Gasteiger partial charge in [0.2, 0.25) is 11.4 Å². The Morgan fingerprint density at radius 1 is 0.849 bits per heavy atom. The number of carbonyl (C=O) groups is 1. The van der Waals surface area contributed by atoms with Gasteiger partial charge in [-0.25, -0.2) is 0 Å². The van der Waals surface area contributed by atoms with Gasteiger partial charge in [0.25, 0.3) is 5.91 Å². The number of likely N-dealkylation sites (tertiary alicyclic amines) is 1. The van der Waals surface area contributed by atoms with Gasteiger partial charge in [0.15, 0.2) is 6.54 Å². The molecular formula is C40H42BClF4N4O3. The Balaban J connectivity index is 0.00000101. The molecule has 1 fully saturated rings. The standard InChI is InChI=1S/C40H41ClN4O3.BF4/c1-47-38-26-34(42)33(41)25-32(38)40(46)43-35-19-22-44(27-39(35)48-2)20-12-21-45-36(29-15-8-4-9-16-29)23-31(28-13-6-3-7-14-28)24-37(45)30-17-10-5-11-18-30;2-1(3,4)5/h3-11,13-18,23-26,35,39H,12,19-22,27H2,1-2H3,(H2-,42,43,46);/q;-1/p+1/t35-,39+;/m0./s1. The van der Waals surface area contributed by atoms with Crippen LogP contribution < -0.4 is 20.4 Å². The zero-order valence-corrected chi connectivity index (χ0v) is 30.3. The third-order valence-corrected chi connectivity index (χ3v) is 9.42. The van der Waals surface area contributed by atoms with Crippen molar-refractivity contribution in [3.05, 3.63) is 126 Å². The van der Waals surface area contributed by atoms with Crippen LogP contribution in [0.4, 0.5) is 23.0 Å². The number of anilines is 1. The summed E-state index contributed by atoms with van der Waals surface area (Å²) in [6.45, 7) is 3.31. The SMILES string of the molecule is COc1cc(N)c(Cl)cc1C(=O)N[C@H]1CCN(CCC[n+]2c(-c3ccccc3)cc(-c3ccccc3)cc2-c2ccccc2)C[C@H]1OC.F[B-](F)(F)F. The van der Waals surface area contributed by atoms with Gasteiger partial charge in [-0.2, -0.15) is 4.57 Å². The smallest absolute Gasteiger partial charge is 0.496 e. The molecule has 2 atom stereocenters. The molecule has 0 radical (unpaired) electrons. The predicted octanol–water partition coefficient (Wildman–Crippen LogP) is 8.43. The molecule has 1 aliphatic rings. The van der Waals surface area contributed by atoms with Crippen molar-refractivity contribution in [1.82, 2.24) is 10.2 Å². The number of nitrogens with two attached hydrogens (primary N) is 1. The molecule has 1 amide bonds. The second-order valence-corrected chi connectivity index (χ2v) is 13.0. The molecule has 1 aliphatic heterocycles. The highest BCUT2D eigenvalue weighted by Gasteiger charge is 2.32. The molecule has 278 valence electrons. The lowest BCUT2D eigenvalue weighted by molar-refractivity contribution is -0.675. The molecular weight excluding hydrogens is 707 g/mol. The number of amides is 1. The van der Waals surface area contributed by atoms with E-state index >= 15 is 0 Å². The van der Waals surface area contributed by atoms with Crippen LogP contribution in [0, 0.1) is 0 Å². The average Bonchev–Trinajstić information content (AvgIpc) is 3.16. The average molecular weight is 749 g/mol. The first-order valence-electron chi connectivity index (χ1n) is 17.3. The molecule has 6 rings (SSSR count). The van der Waals surface area contributed by atoms with E-state index in [1.54, 1.807) is 19.2 Å². The fraction of sp³-hybridized carbons (Fsp3) is 0.250. The second-order valence-electron chi connectivity index (χ2n) is 12.6. The number of hydrogen-bond acceptors (Lipinski definition) is 5. The molecule has 4 aromatic carbocycles. The zero-order chi connectivity index (χ0) is 38.0. The number of aromatic nitrogens is 1. The van der Waals surface area contributed by atoms with Gasteiger partial charge in [0.1, 0.15) is 5.75 Å². The quantitative estimate of drug-likeness (QED) is 0.0614. The Kier molecular flexibility index (Phi) is 13.5. The highest BCUT2D eigenvalue weighted by atomic mass is 35.5. The summed E-state index contributed by atoms with van der Waals surface area (Å²) in [5.74, 6) is 0.131. The minimum absolute atomic E-state index is 0.144. The number of carbonyl (C=O) groups excluding carboxylic acids is 1. The van der Waals surface area contributed by atoms with E-state index in [4.69, 9.17) is 26.8 Å². The monoisotopic (exact) mass is 748 g/mol. The van der Waals surface area contributed by atoms with Crippen molar-refractivity contribution >= 4 is 30.4 Å². The van der Waals surface area contributed by atoms with Crippen LogP contribution in [0.5, 0.6) is 5.75 Å². The van der Waals surface area contributed by atoms with E-state index in [0.29, 0.717) is 22.0 Å². The van der Waals surface area contributed by atoms with Gasteiger partial charge in [-0.3, -0.25) is 4.79 Å². The van der Waals surface area contributed by atoms with Crippen LogP contribution in [0.25, 0.3) is 33.6 Å². The number of ether oxygens (including phenoxy) is 2. The summed E-state index contributed by atoms with van der Waals surface area (Å²) < 4.78 is 52.8. The molecule has 1 aromatic heterocycles. The van der Waals surface area contributed by atoms with Gasteiger partial charge in [-0.1, -0.05) is 78.3 Å². The van der Waals surface area contributed by atoms with Crippen molar-refractivity contribution < 1.29 is 36.1 Å². The molecule has 3 N–H and O–H groups in total. The molecule has 0 unspecified atom stereocenters. The highest BCUT2D eigenvalue weighted by Crippen LogP contribution is 2.31. The molecule has 0 spiro atoms. The number of nitrogens with zero attached hydrogens (tertiary/aromatic N) is 2. The second kappa shape index (κ2) is 18.2. The largest absolute Gasteiger partial charge is 0.673 e. The molecule has 0 bridgehead atoms. The van der Waals surface area contributed by atoms with Crippen molar-refractivity contribution in [3.8, 4) is 39.4 Å². The van der Waals surface area contributed by atoms with Gasteiger partial charge >= 0.3 is 7.25 Å². The van der Waals surface area contributed by atoms with Gasteiger partial charge in [0, 0.05) is 62.5 Å². The lowest BCUT2D eigenvalue weighted by Crippen LogP contribution is -2.55. The van der Waals surface area contributed by atoms with Crippen LogP contribution in [-0.4, -0.2) is 64.1 Å². The molecule has 0 saturated carbocycles. The maximum absolute atomic E-state index is 13.3. The maximum Gasteiger partial charge on any atom is 0.673 e. The number of nitrogens with one attached hydrogen (secondary N) is 1. The van der Waals surface area contributed by atoms with Crippen LogP contribution in [0.3, 0.4) is 0 Å². The summed E-state index contributed by atoms with van der Waals surface area (Å²) in [4.78, 5) is 15.7. The van der Waals surface area contributed by atoms with Gasteiger partial charge < -0.3 is 42.7 Å². The van der Waals surface area contributed by atoms with E-state index < -0.39 is 7.25 Å². The van der Waals surface area contributed by atoms with Gasteiger partial charge in [-0.15, -0.1) is 0 Å². The summed E-state index contributed by atoms with van der Waals surface area (Å²) >= 11 is 6.23. The summed E-state index contributed by atoms with van der Waals surface area (Å²) in [5.41, 5.74) is 13.8. The molecule has 5 aromatic rings. The van der Waals surface area contributed by atoms with E-state index in [0.717, 1.165) is 39.0 Å². The van der Waals surface area contributed by atoms with Crippen molar-refractivity contribution in [2.45, 2.75) is 31.5 Å². The van der Waals surface area contributed by atoms with Crippen LogP contribution in [-0.2, 0) is 11.3 Å². The van der Waals surface area contributed by atoms with Crippen LogP contribution in [0.1, 0.15) is 23.2 Å². The number of hydrogen-bond donors (Lipinski definition) is 2. The molecule has 53 heavy (non-hydrogen) atoms. The first kappa shape index (κ1) is 39.3. The van der Waals surface area contributed by atoms with Crippen molar-refractivity contribution in [3.63, 3.8) is 0 Å². The first-order chi connectivity index (χ1) is 25.4. The van der Waals surface area contributed by atoms with E-state index in [2.05, 4.69) is 118 Å². The van der Waals surface area contributed by atoms with E-state index in [1.165, 1.54) is 40.8 Å². The van der Waals surface area contributed by atoms with Crippen molar-refractivity contribution in [1.29, 1.82) is 0 Å². The number of piperidine rings is 1. The van der Waals surface area contributed by atoms with Crippen LogP contribution in [0.15, 0.2) is 115 Å². The Morgan fingerprint density at radius 3 is 1.89 bits per heavy atom. The minimum atomic E-state index is -6.00. The lowest BCUT2D eigenvalue weighted by Gasteiger charge is -2.38. The third kappa shape index (κ3) is 10.8. The van der Waals surface area contributed by atoms with E-state index in [9.17, 15) is 22.1 Å². The molecule has 0 aliphatic carbocycles. The highest BCUT2D eigenvalue weighted by molar-refractivity contribution is 6.50. The third-order valence-electron chi connectivity index (χ3n) is 9.09. The topological polar surface area (TPSA) is 80.7 Å². The molecule has 2 heterocycles. The van der Waals surface area contributed by atoms with Crippen molar-refractivity contribution in [2.24, 2.45) is 0 Å². The number of halogens is 5. The Bertz CT molecular complexity index is 1890. The predicted molar refractivity (Wildman–Crippen MR) is 203 cm³/mol. The summed E-state index contributed by atoms with van der Waals surface area (Å²) in [5, 5.41) is 3.47. The Hall–Kier alpha value is -4.91. The number of benzene rings is 4. The van der Waals surface area contributed by atoms with E-state index in [1.807, 2.05) is 0 Å². The summed E-state index contributed by atoms with van der Waals surface area (Å²) in [6.07, 6.45) is 1.55. The fourth-order valence-corrected chi connectivity index (χ4v) is 6.72. The number of rotatable bonds is 11. The van der Waals surface area contributed by atoms with Crippen molar-refractivity contribution in [2.75, 3.05) is 39.6 Å².